The van der Waals surface area contributed by atoms with Crippen LogP contribution < -0.4 is 5.32 Å². The first-order valence-electron chi connectivity index (χ1n) is 5.74. The lowest BCUT2D eigenvalue weighted by Crippen LogP contribution is -2.52. The van der Waals surface area contributed by atoms with Crippen molar-refractivity contribution in [1.29, 1.82) is 0 Å². The van der Waals surface area contributed by atoms with Gasteiger partial charge in [0, 0.05) is 29.9 Å². The Morgan fingerprint density at radius 1 is 1.19 bits per heavy atom. The van der Waals surface area contributed by atoms with E-state index in [9.17, 15) is 5.11 Å². The van der Waals surface area contributed by atoms with E-state index in [1.54, 1.807) is 0 Å². The molecule has 1 aromatic rings. The fraction of sp³-hybridized carbons (Fsp3) is 0.538. The van der Waals surface area contributed by atoms with Gasteiger partial charge < -0.3 is 10.4 Å². The van der Waals surface area contributed by atoms with Crippen molar-refractivity contribution in [3.8, 4) is 0 Å². The summed E-state index contributed by atoms with van der Waals surface area (Å²) in [6.45, 7) is 5.86. The average Bonchev–Trinajstić information content (AvgIpc) is 2.27. The molecule has 0 aliphatic carbocycles. The Hall–Kier alpha value is -0.570. The zero-order valence-electron chi connectivity index (χ0n) is 9.70. The number of hydrogen-bond donors (Lipinski definition) is 2. The maximum atomic E-state index is 10.9. The van der Waals surface area contributed by atoms with Gasteiger partial charge in [0.05, 0.1) is 5.60 Å². The second kappa shape index (κ2) is 4.36. The van der Waals surface area contributed by atoms with Crippen LogP contribution in [0.2, 0.25) is 5.02 Å². The molecule has 2 unspecified atom stereocenters. The molecule has 3 heteroatoms. The van der Waals surface area contributed by atoms with Crippen molar-refractivity contribution < 1.29 is 5.11 Å². The van der Waals surface area contributed by atoms with E-state index in [1.165, 1.54) is 0 Å². The van der Waals surface area contributed by atoms with Gasteiger partial charge in [-0.2, -0.15) is 0 Å². The van der Waals surface area contributed by atoms with Crippen molar-refractivity contribution in [1.82, 2.24) is 5.32 Å². The lowest BCUT2D eigenvalue weighted by molar-refractivity contribution is -0.0806. The Balaban J connectivity index is 2.38. The molecule has 2 N–H and O–H groups in total. The van der Waals surface area contributed by atoms with E-state index in [-0.39, 0.29) is 11.8 Å². The number of hydrogen-bond acceptors (Lipinski definition) is 2. The molecule has 0 spiro atoms. The molecule has 16 heavy (non-hydrogen) atoms. The fourth-order valence-electron chi connectivity index (χ4n) is 2.60. The molecule has 2 rings (SSSR count). The molecule has 1 aliphatic rings. The number of piperidine rings is 1. The normalized spacial score (nSPS) is 35.0. The molecule has 1 heterocycles. The fourth-order valence-corrected chi connectivity index (χ4v) is 2.73. The van der Waals surface area contributed by atoms with Gasteiger partial charge in [0.1, 0.15) is 0 Å². The van der Waals surface area contributed by atoms with Gasteiger partial charge in [-0.15, -0.1) is 0 Å². The van der Waals surface area contributed by atoms with Crippen LogP contribution >= 0.6 is 11.6 Å². The van der Waals surface area contributed by atoms with Crippen LogP contribution in [0.25, 0.3) is 0 Å². The number of nitrogens with one attached hydrogen (secondary N) is 1. The van der Waals surface area contributed by atoms with E-state index in [0.29, 0.717) is 5.02 Å². The zero-order chi connectivity index (χ0) is 11.8. The minimum atomic E-state index is -0.740. The molecule has 1 aromatic carbocycles. The highest BCUT2D eigenvalue weighted by atomic mass is 35.5. The highest BCUT2D eigenvalue weighted by Gasteiger charge is 2.43. The molecule has 1 saturated heterocycles. The molecular weight excluding hydrogens is 222 g/mol. The molecule has 88 valence electrons. The van der Waals surface area contributed by atoms with E-state index in [4.69, 9.17) is 11.6 Å². The summed E-state index contributed by atoms with van der Waals surface area (Å²) in [5.41, 5.74) is 0.231. The highest BCUT2D eigenvalue weighted by Crippen LogP contribution is 2.39. The predicted molar refractivity (Wildman–Crippen MR) is 66.5 cm³/mol. The summed E-state index contributed by atoms with van der Waals surface area (Å²) < 4.78 is 0. The summed E-state index contributed by atoms with van der Waals surface area (Å²) in [6.07, 6.45) is 0. The molecule has 0 radical (unpaired) electrons. The van der Waals surface area contributed by atoms with E-state index in [1.807, 2.05) is 24.3 Å². The summed E-state index contributed by atoms with van der Waals surface area (Å²) >= 11 is 5.87. The van der Waals surface area contributed by atoms with Crippen LogP contribution in [0.5, 0.6) is 0 Å². The van der Waals surface area contributed by atoms with Crippen molar-refractivity contribution >= 4 is 11.6 Å². The lowest BCUT2D eigenvalue weighted by atomic mass is 9.71. The van der Waals surface area contributed by atoms with Gasteiger partial charge in [-0.05, 0) is 17.7 Å². The van der Waals surface area contributed by atoms with Gasteiger partial charge >= 0.3 is 0 Å². The maximum absolute atomic E-state index is 10.9. The van der Waals surface area contributed by atoms with Crippen molar-refractivity contribution in [2.24, 2.45) is 11.8 Å². The Kier molecular flexibility index (Phi) is 3.24. The summed E-state index contributed by atoms with van der Waals surface area (Å²) in [5.74, 6) is 0.412. The van der Waals surface area contributed by atoms with Gasteiger partial charge in [0.25, 0.3) is 0 Å². The number of rotatable bonds is 1. The lowest BCUT2D eigenvalue weighted by Gasteiger charge is -2.44. The zero-order valence-corrected chi connectivity index (χ0v) is 10.5. The van der Waals surface area contributed by atoms with Crippen molar-refractivity contribution in [2.45, 2.75) is 19.4 Å². The number of aliphatic hydroxyl groups is 1. The van der Waals surface area contributed by atoms with Crippen LogP contribution in [0, 0.1) is 11.8 Å². The van der Waals surface area contributed by atoms with Gasteiger partial charge in [-0.1, -0.05) is 37.6 Å². The standard InChI is InChI=1S/C13H18ClNO/c1-9-7-15-8-10(2)13(9,16)11-3-5-12(14)6-4-11/h3-6,9-10,15-16H,7-8H2,1-2H3. The number of halogens is 1. The van der Waals surface area contributed by atoms with Crippen LogP contribution in [0.1, 0.15) is 19.4 Å². The molecule has 0 aromatic heterocycles. The highest BCUT2D eigenvalue weighted by molar-refractivity contribution is 6.30. The Labute approximate surface area is 102 Å². The van der Waals surface area contributed by atoms with Crippen LogP contribution in [-0.4, -0.2) is 18.2 Å². The Morgan fingerprint density at radius 3 is 2.19 bits per heavy atom. The van der Waals surface area contributed by atoms with Crippen LogP contribution in [-0.2, 0) is 5.60 Å². The van der Waals surface area contributed by atoms with Crippen molar-refractivity contribution in [3.63, 3.8) is 0 Å². The molecule has 2 atom stereocenters. The average molecular weight is 240 g/mol. The summed E-state index contributed by atoms with van der Waals surface area (Å²) in [4.78, 5) is 0. The van der Waals surface area contributed by atoms with Crippen molar-refractivity contribution in [3.05, 3.63) is 34.9 Å². The summed E-state index contributed by atoms with van der Waals surface area (Å²) in [7, 11) is 0. The SMILES string of the molecule is CC1CNCC(C)C1(O)c1ccc(Cl)cc1. The first-order chi connectivity index (χ1) is 7.55. The molecule has 0 bridgehead atoms. The van der Waals surface area contributed by atoms with E-state index >= 15 is 0 Å². The summed E-state index contributed by atoms with van der Waals surface area (Å²) in [5, 5.41) is 14.9. The predicted octanol–water partition coefficient (Wildman–Crippen LogP) is 2.40. The van der Waals surface area contributed by atoms with E-state index in [2.05, 4.69) is 19.2 Å². The Morgan fingerprint density at radius 2 is 1.69 bits per heavy atom. The van der Waals surface area contributed by atoms with Crippen LogP contribution in [0.4, 0.5) is 0 Å². The Bertz CT molecular complexity index is 353. The second-order valence-corrected chi connectivity index (χ2v) is 5.23. The third-order valence-electron chi connectivity index (χ3n) is 3.71. The first-order valence-corrected chi connectivity index (χ1v) is 6.12. The molecule has 0 saturated carbocycles. The monoisotopic (exact) mass is 239 g/mol. The summed E-state index contributed by atoms with van der Waals surface area (Å²) in [6, 6.07) is 7.55. The molecular formula is C13H18ClNO. The van der Waals surface area contributed by atoms with Gasteiger partial charge in [-0.25, -0.2) is 0 Å². The third-order valence-corrected chi connectivity index (χ3v) is 3.96. The molecule has 1 fully saturated rings. The minimum absolute atomic E-state index is 0.206. The van der Waals surface area contributed by atoms with Crippen LogP contribution in [0.15, 0.2) is 24.3 Å². The second-order valence-electron chi connectivity index (χ2n) is 4.79. The third kappa shape index (κ3) is 1.86. The topological polar surface area (TPSA) is 32.3 Å². The maximum Gasteiger partial charge on any atom is 0.0971 e. The largest absolute Gasteiger partial charge is 0.385 e. The smallest absolute Gasteiger partial charge is 0.0971 e. The van der Waals surface area contributed by atoms with E-state index in [0.717, 1.165) is 18.7 Å². The van der Waals surface area contributed by atoms with E-state index < -0.39 is 5.60 Å². The minimum Gasteiger partial charge on any atom is -0.385 e. The quantitative estimate of drug-likeness (QED) is 0.789. The van der Waals surface area contributed by atoms with Gasteiger partial charge in [0.2, 0.25) is 0 Å². The van der Waals surface area contributed by atoms with Crippen LogP contribution in [0.3, 0.4) is 0 Å². The molecule has 2 nitrogen and oxygen atoms in total. The number of benzene rings is 1. The molecule has 0 amide bonds. The van der Waals surface area contributed by atoms with Crippen molar-refractivity contribution in [2.75, 3.05) is 13.1 Å². The van der Waals surface area contributed by atoms with Gasteiger partial charge in [-0.3, -0.25) is 0 Å². The van der Waals surface area contributed by atoms with Gasteiger partial charge in [0.15, 0.2) is 0 Å². The first kappa shape index (κ1) is 11.9. The molecule has 1 aliphatic heterocycles.